The van der Waals surface area contributed by atoms with Gasteiger partial charge in [-0.05, 0) is 24.8 Å². The maximum Gasteiger partial charge on any atom is 0.315 e. The number of carbonyl (C=O) groups is 1. The van der Waals surface area contributed by atoms with Crippen molar-refractivity contribution >= 4 is 6.03 Å². The van der Waals surface area contributed by atoms with Crippen molar-refractivity contribution in [1.82, 2.24) is 20.4 Å². The lowest BCUT2D eigenvalue weighted by Gasteiger charge is -2.20. The van der Waals surface area contributed by atoms with E-state index in [0.29, 0.717) is 13.2 Å². The number of nitrogens with one attached hydrogen (secondary N) is 2. The molecule has 134 valence electrons. The van der Waals surface area contributed by atoms with Gasteiger partial charge in [-0.3, -0.25) is 4.68 Å². The Morgan fingerprint density at radius 1 is 1.48 bits per heavy atom. The van der Waals surface area contributed by atoms with Gasteiger partial charge in [0.25, 0.3) is 0 Å². The lowest BCUT2D eigenvalue weighted by molar-refractivity contribution is 0.0998. The van der Waals surface area contributed by atoms with Gasteiger partial charge < -0.3 is 15.4 Å². The fourth-order valence-electron chi connectivity index (χ4n) is 3.21. The van der Waals surface area contributed by atoms with E-state index in [0.717, 1.165) is 12.0 Å². The number of ether oxygens (including phenoxy) is 1. The minimum absolute atomic E-state index is 0.0292. The number of hydrogen-bond donors (Lipinski definition) is 2. The average Bonchev–Trinajstić information content (AvgIpc) is 3.21. The maximum atomic E-state index is 12.3. The molecule has 1 aromatic heterocycles. The van der Waals surface area contributed by atoms with E-state index in [1.54, 1.807) is 10.9 Å². The summed E-state index contributed by atoms with van der Waals surface area (Å²) in [4.78, 5) is 12.3. The zero-order valence-corrected chi connectivity index (χ0v) is 15.0. The van der Waals surface area contributed by atoms with Gasteiger partial charge >= 0.3 is 6.03 Å². The summed E-state index contributed by atoms with van der Waals surface area (Å²) in [5.74, 6) is 0.264. The zero-order chi connectivity index (χ0) is 17.8. The number of benzene rings is 1. The first-order chi connectivity index (χ1) is 12.0. The molecule has 2 heterocycles. The third kappa shape index (κ3) is 4.39. The lowest BCUT2D eigenvalue weighted by atomic mass is 9.99. The Bertz CT molecular complexity index is 728. The zero-order valence-electron chi connectivity index (χ0n) is 15.0. The molecule has 2 N–H and O–H groups in total. The predicted octanol–water partition coefficient (Wildman–Crippen LogP) is 2.66. The number of aromatic nitrogens is 2. The van der Waals surface area contributed by atoms with E-state index < -0.39 is 0 Å². The monoisotopic (exact) mass is 342 g/mol. The molecule has 0 radical (unpaired) electrons. The standard InChI is InChI=1S/C19H26N4O2/c1-13-5-4-6-15(9-13)14(2)10-20-19(24)22-17-7-8-25-18(17)16-11-21-23(3)12-16/h4-6,9,11-12,14,17-18H,7-8,10H2,1-3H3,(H2,20,22,24)/t14-,17+,18-/m1/s1. The molecule has 0 spiro atoms. The van der Waals surface area contributed by atoms with Crippen molar-refractivity contribution < 1.29 is 9.53 Å². The number of nitrogens with zero attached hydrogens (tertiary/aromatic N) is 2. The van der Waals surface area contributed by atoms with Crippen molar-refractivity contribution in [2.24, 2.45) is 7.05 Å². The molecule has 0 unspecified atom stereocenters. The first-order valence-electron chi connectivity index (χ1n) is 8.74. The van der Waals surface area contributed by atoms with Gasteiger partial charge in [0.05, 0.1) is 12.2 Å². The molecule has 6 heteroatoms. The van der Waals surface area contributed by atoms with Crippen LogP contribution in [0.15, 0.2) is 36.7 Å². The molecule has 1 saturated heterocycles. The van der Waals surface area contributed by atoms with Crippen molar-refractivity contribution in [3.8, 4) is 0 Å². The first-order valence-corrected chi connectivity index (χ1v) is 8.74. The van der Waals surface area contributed by atoms with E-state index >= 15 is 0 Å². The molecular weight excluding hydrogens is 316 g/mol. The number of rotatable bonds is 5. The van der Waals surface area contributed by atoms with Crippen LogP contribution < -0.4 is 10.6 Å². The molecule has 0 bridgehead atoms. The molecule has 0 saturated carbocycles. The normalized spacial score (nSPS) is 21.1. The molecule has 2 aromatic rings. The van der Waals surface area contributed by atoms with Gasteiger partial charge in [-0.15, -0.1) is 0 Å². The van der Waals surface area contributed by atoms with Crippen LogP contribution in [0.1, 0.15) is 42.1 Å². The molecule has 1 aromatic carbocycles. The lowest BCUT2D eigenvalue weighted by Crippen LogP contribution is -2.44. The Hall–Kier alpha value is -2.34. The van der Waals surface area contributed by atoms with Gasteiger partial charge in [-0.2, -0.15) is 5.10 Å². The fraction of sp³-hybridized carbons (Fsp3) is 0.474. The van der Waals surface area contributed by atoms with Gasteiger partial charge in [-0.25, -0.2) is 4.79 Å². The molecule has 0 aliphatic carbocycles. The molecule has 2 amide bonds. The van der Waals surface area contributed by atoms with Crippen molar-refractivity contribution in [3.05, 3.63) is 53.3 Å². The minimum Gasteiger partial charge on any atom is -0.371 e. The topological polar surface area (TPSA) is 68.2 Å². The van der Waals surface area contributed by atoms with Crippen molar-refractivity contribution in [3.63, 3.8) is 0 Å². The van der Waals surface area contributed by atoms with E-state index in [2.05, 4.69) is 53.8 Å². The highest BCUT2D eigenvalue weighted by molar-refractivity contribution is 5.74. The summed E-state index contributed by atoms with van der Waals surface area (Å²) in [5.41, 5.74) is 3.47. The summed E-state index contributed by atoms with van der Waals surface area (Å²) in [6.07, 6.45) is 4.40. The van der Waals surface area contributed by atoms with Crippen LogP contribution in [-0.2, 0) is 11.8 Å². The van der Waals surface area contributed by atoms with Crippen LogP contribution in [0.2, 0.25) is 0 Å². The smallest absolute Gasteiger partial charge is 0.315 e. The van der Waals surface area contributed by atoms with Gasteiger partial charge in [0.2, 0.25) is 0 Å². The van der Waals surface area contributed by atoms with Crippen LogP contribution in [0.3, 0.4) is 0 Å². The highest BCUT2D eigenvalue weighted by Gasteiger charge is 2.31. The Labute approximate surface area is 148 Å². The van der Waals surface area contributed by atoms with Crippen LogP contribution in [0, 0.1) is 6.92 Å². The Morgan fingerprint density at radius 3 is 3.04 bits per heavy atom. The Morgan fingerprint density at radius 2 is 2.32 bits per heavy atom. The summed E-state index contributed by atoms with van der Waals surface area (Å²) >= 11 is 0. The van der Waals surface area contributed by atoms with E-state index in [1.165, 1.54) is 11.1 Å². The molecule has 1 aliphatic heterocycles. The van der Waals surface area contributed by atoms with Crippen LogP contribution >= 0.6 is 0 Å². The third-order valence-corrected chi connectivity index (χ3v) is 4.64. The van der Waals surface area contributed by atoms with Gasteiger partial charge in [0.1, 0.15) is 6.10 Å². The molecule has 1 aliphatic rings. The summed E-state index contributed by atoms with van der Waals surface area (Å²) in [7, 11) is 1.88. The molecule has 6 nitrogen and oxygen atoms in total. The molecule has 1 fully saturated rings. The number of urea groups is 1. The number of hydrogen-bond acceptors (Lipinski definition) is 3. The van der Waals surface area contributed by atoms with Crippen molar-refractivity contribution in [1.29, 1.82) is 0 Å². The van der Waals surface area contributed by atoms with E-state index in [4.69, 9.17) is 4.74 Å². The Kier molecular flexibility index (Phi) is 5.38. The number of aryl methyl sites for hydroxylation is 2. The van der Waals surface area contributed by atoms with Crippen molar-refractivity contribution in [2.75, 3.05) is 13.2 Å². The summed E-state index contributed by atoms with van der Waals surface area (Å²) in [6.45, 7) is 5.44. The third-order valence-electron chi connectivity index (χ3n) is 4.64. The average molecular weight is 342 g/mol. The van der Waals surface area contributed by atoms with Crippen LogP contribution in [0.5, 0.6) is 0 Å². The predicted molar refractivity (Wildman–Crippen MR) is 96.4 cm³/mol. The van der Waals surface area contributed by atoms with Crippen LogP contribution in [-0.4, -0.2) is 35.0 Å². The van der Waals surface area contributed by atoms with E-state index in [1.807, 2.05) is 13.2 Å². The summed E-state index contributed by atoms with van der Waals surface area (Å²) in [5, 5.41) is 10.2. The number of amides is 2. The largest absolute Gasteiger partial charge is 0.371 e. The molecule has 25 heavy (non-hydrogen) atoms. The quantitative estimate of drug-likeness (QED) is 0.878. The van der Waals surface area contributed by atoms with Gasteiger partial charge in [-0.1, -0.05) is 36.8 Å². The summed E-state index contributed by atoms with van der Waals surface area (Å²) in [6, 6.07) is 8.21. The molecule has 3 atom stereocenters. The molecule has 3 rings (SSSR count). The second-order valence-electron chi connectivity index (χ2n) is 6.80. The van der Waals surface area contributed by atoms with Gasteiger partial charge in [0.15, 0.2) is 0 Å². The first kappa shape index (κ1) is 17.5. The fourth-order valence-corrected chi connectivity index (χ4v) is 3.21. The molecular formula is C19H26N4O2. The minimum atomic E-state index is -0.149. The summed E-state index contributed by atoms with van der Waals surface area (Å²) < 4.78 is 7.53. The van der Waals surface area contributed by atoms with E-state index in [9.17, 15) is 4.79 Å². The Balaban J connectivity index is 1.52. The SMILES string of the molecule is Cc1cccc([C@H](C)CNC(=O)N[C@H]2CCO[C@@H]2c2cnn(C)c2)c1. The second-order valence-corrected chi connectivity index (χ2v) is 6.80. The highest BCUT2D eigenvalue weighted by Crippen LogP contribution is 2.28. The van der Waals surface area contributed by atoms with Crippen LogP contribution in [0.4, 0.5) is 4.79 Å². The van der Waals surface area contributed by atoms with Crippen LogP contribution in [0.25, 0.3) is 0 Å². The van der Waals surface area contributed by atoms with E-state index in [-0.39, 0.29) is 24.1 Å². The maximum absolute atomic E-state index is 12.3. The highest BCUT2D eigenvalue weighted by atomic mass is 16.5. The van der Waals surface area contributed by atoms with Crippen molar-refractivity contribution in [2.45, 2.75) is 38.3 Å². The van der Waals surface area contributed by atoms with Gasteiger partial charge in [0, 0.05) is 32.0 Å². The second kappa shape index (κ2) is 7.70. The number of carbonyl (C=O) groups excluding carboxylic acids is 1.